The van der Waals surface area contributed by atoms with Gasteiger partial charge in [0.15, 0.2) is 30.9 Å². The molecule has 9 heteroatoms. The van der Waals surface area contributed by atoms with Crippen LogP contribution in [0.15, 0.2) is 0 Å². The molecule has 0 saturated carbocycles. The number of rotatable bonds is 4. The van der Waals surface area contributed by atoms with Gasteiger partial charge in [0, 0.05) is 20.8 Å². The molecule has 9 nitrogen and oxygen atoms in total. The number of ether oxygens (including phenoxy) is 6. The van der Waals surface area contributed by atoms with Crippen molar-refractivity contribution in [3.8, 4) is 0 Å². The SMILES string of the molecule is CC(=O)OCC1O[C@@H]2OC(C)OC2C(OC(C)=O)[C@H]1OC(C)=O. The molecule has 0 radical (unpaired) electrons. The number of esters is 3. The van der Waals surface area contributed by atoms with Crippen LogP contribution in [0.4, 0.5) is 0 Å². The first-order valence-electron chi connectivity index (χ1n) is 7.22. The molecule has 2 aliphatic heterocycles. The van der Waals surface area contributed by atoms with E-state index >= 15 is 0 Å². The van der Waals surface area contributed by atoms with Crippen LogP contribution >= 0.6 is 0 Å². The van der Waals surface area contributed by atoms with Crippen molar-refractivity contribution in [1.29, 1.82) is 0 Å². The molecule has 0 amide bonds. The second-order valence-electron chi connectivity index (χ2n) is 5.30. The zero-order chi connectivity index (χ0) is 17.1. The summed E-state index contributed by atoms with van der Waals surface area (Å²) in [6.07, 6.45) is -4.89. The van der Waals surface area contributed by atoms with Crippen molar-refractivity contribution in [3.63, 3.8) is 0 Å². The molecule has 0 aromatic rings. The van der Waals surface area contributed by atoms with Crippen LogP contribution in [-0.4, -0.2) is 61.5 Å². The fraction of sp³-hybridized carbons (Fsp3) is 0.786. The fourth-order valence-electron chi connectivity index (χ4n) is 2.57. The van der Waals surface area contributed by atoms with Gasteiger partial charge >= 0.3 is 17.9 Å². The minimum atomic E-state index is -0.981. The van der Waals surface area contributed by atoms with E-state index in [1.807, 2.05) is 0 Å². The molecule has 0 aromatic heterocycles. The Morgan fingerprint density at radius 3 is 2.04 bits per heavy atom. The van der Waals surface area contributed by atoms with Crippen LogP contribution in [-0.2, 0) is 42.8 Å². The smallest absolute Gasteiger partial charge is 0.303 e. The van der Waals surface area contributed by atoms with E-state index in [9.17, 15) is 14.4 Å². The fourth-order valence-corrected chi connectivity index (χ4v) is 2.57. The Bertz CT molecular complexity index is 477. The third kappa shape index (κ3) is 4.40. The maximum absolute atomic E-state index is 11.4. The van der Waals surface area contributed by atoms with Crippen molar-refractivity contribution in [2.45, 2.75) is 64.7 Å². The van der Waals surface area contributed by atoms with Gasteiger partial charge in [0.2, 0.25) is 0 Å². The van der Waals surface area contributed by atoms with E-state index in [2.05, 4.69) is 0 Å². The highest BCUT2D eigenvalue weighted by Crippen LogP contribution is 2.34. The molecule has 2 saturated heterocycles. The summed E-state index contributed by atoms with van der Waals surface area (Å²) in [6.45, 7) is 5.18. The van der Waals surface area contributed by atoms with E-state index in [0.29, 0.717) is 0 Å². The van der Waals surface area contributed by atoms with E-state index in [1.54, 1.807) is 6.92 Å². The monoisotopic (exact) mass is 332 g/mol. The highest BCUT2D eigenvalue weighted by molar-refractivity contribution is 5.67. The summed E-state index contributed by atoms with van der Waals surface area (Å²) in [5.74, 6) is -1.67. The quantitative estimate of drug-likeness (QED) is 0.515. The predicted octanol–water partition coefficient (Wildman–Crippen LogP) is -0.101. The molecular formula is C14H20O9. The summed E-state index contributed by atoms with van der Waals surface area (Å²) in [7, 11) is 0. The average Bonchev–Trinajstić information content (AvgIpc) is 2.78. The van der Waals surface area contributed by atoms with E-state index in [4.69, 9.17) is 28.4 Å². The van der Waals surface area contributed by atoms with Crippen LogP contribution in [0.3, 0.4) is 0 Å². The average molecular weight is 332 g/mol. The molecule has 0 aromatic carbocycles. The van der Waals surface area contributed by atoms with Crippen molar-refractivity contribution in [1.82, 2.24) is 0 Å². The Labute approximate surface area is 133 Å². The summed E-state index contributed by atoms with van der Waals surface area (Å²) in [4.78, 5) is 33.8. The standard InChI is InChI=1S/C14H20O9/c1-6(15)18-5-10-11(19-7(2)16)12(20-8(3)17)13-14(23-10)22-9(4)21-13/h9-14H,5H2,1-4H3/t9?,10?,11-,12?,13?,14-/m0/s1. The Hall–Kier alpha value is -1.71. The van der Waals surface area contributed by atoms with Gasteiger partial charge in [0.05, 0.1) is 0 Å². The van der Waals surface area contributed by atoms with Crippen LogP contribution < -0.4 is 0 Å². The summed E-state index contributed by atoms with van der Waals surface area (Å²) in [6, 6.07) is 0. The van der Waals surface area contributed by atoms with Gasteiger partial charge in [-0.2, -0.15) is 0 Å². The maximum atomic E-state index is 11.4. The zero-order valence-corrected chi connectivity index (χ0v) is 13.3. The molecule has 130 valence electrons. The first-order valence-corrected chi connectivity index (χ1v) is 7.22. The van der Waals surface area contributed by atoms with Crippen molar-refractivity contribution in [3.05, 3.63) is 0 Å². The Kier molecular flexibility index (Phi) is 5.55. The molecule has 0 N–H and O–H groups in total. The van der Waals surface area contributed by atoms with Gasteiger partial charge in [0.25, 0.3) is 0 Å². The van der Waals surface area contributed by atoms with Gasteiger partial charge in [-0.3, -0.25) is 14.4 Å². The van der Waals surface area contributed by atoms with Gasteiger partial charge in [-0.15, -0.1) is 0 Å². The second-order valence-corrected chi connectivity index (χ2v) is 5.30. The molecule has 0 aliphatic carbocycles. The molecule has 0 bridgehead atoms. The van der Waals surface area contributed by atoms with Crippen molar-refractivity contribution in [2.24, 2.45) is 0 Å². The number of hydrogen-bond acceptors (Lipinski definition) is 9. The zero-order valence-electron chi connectivity index (χ0n) is 13.3. The molecule has 4 unspecified atom stereocenters. The lowest BCUT2D eigenvalue weighted by Crippen LogP contribution is -2.60. The molecule has 2 aliphatic rings. The van der Waals surface area contributed by atoms with E-state index in [1.165, 1.54) is 20.8 Å². The molecule has 2 heterocycles. The van der Waals surface area contributed by atoms with E-state index < -0.39 is 54.9 Å². The normalized spacial score (nSPS) is 36.0. The third-order valence-corrected chi connectivity index (χ3v) is 3.32. The Morgan fingerprint density at radius 2 is 1.48 bits per heavy atom. The molecule has 0 spiro atoms. The lowest BCUT2D eigenvalue weighted by molar-refractivity contribution is -0.264. The highest BCUT2D eigenvalue weighted by Gasteiger charge is 2.55. The summed E-state index contributed by atoms with van der Waals surface area (Å²) >= 11 is 0. The van der Waals surface area contributed by atoms with Crippen LogP contribution in [0.1, 0.15) is 27.7 Å². The van der Waals surface area contributed by atoms with Crippen LogP contribution in [0.2, 0.25) is 0 Å². The van der Waals surface area contributed by atoms with Gasteiger partial charge in [-0.25, -0.2) is 0 Å². The summed E-state index contributed by atoms with van der Waals surface area (Å²) in [5, 5.41) is 0. The first-order chi connectivity index (χ1) is 10.8. The van der Waals surface area contributed by atoms with Crippen LogP contribution in [0.25, 0.3) is 0 Å². The van der Waals surface area contributed by atoms with Gasteiger partial charge in [0.1, 0.15) is 12.7 Å². The second kappa shape index (κ2) is 7.24. The van der Waals surface area contributed by atoms with Crippen molar-refractivity contribution >= 4 is 17.9 Å². The number of hydrogen-bond donors (Lipinski definition) is 0. The van der Waals surface area contributed by atoms with E-state index in [-0.39, 0.29) is 6.61 Å². The minimum Gasteiger partial charge on any atom is -0.463 e. The lowest BCUT2D eigenvalue weighted by Gasteiger charge is -2.40. The number of carbonyl (C=O) groups excluding carboxylic acids is 3. The van der Waals surface area contributed by atoms with E-state index in [0.717, 1.165) is 0 Å². The molecule has 23 heavy (non-hydrogen) atoms. The molecule has 2 fully saturated rings. The molecular weight excluding hydrogens is 312 g/mol. The third-order valence-electron chi connectivity index (χ3n) is 3.32. The van der Waals surface area contributed by atoms with Crippen LogP contribution in [0, 0.1) is 0 Å². The topological polar surface area (TPSA) is 107 Å². The molecule has 2 rings (SSSR count). The summed E-state index contributed by atoms with van der Waals surface area (Å²) in [5.41, 5.74) is 0. The lowest BCUT2D eigenvalue weighted by atomic mass is 9.98. The Morgan fingerprint density at radius 1 is 0.870 bits per heavy atom. The summed E-state index contributed by atoms with van der Waals surface area (Å²) < 4.78 is 32.1. The van der Waals surface area contributed by atoms with Gasteiger partial charge < -0.3 is 28.4 Å². The van der Waals surface area contributed by atoms with Gasteiger partial charge in [-0.05, 0) is 6.92 Å². The van der Waals surface area contributed by atoms with Crippen LogP contribution in [0.5, 0.6) is 0 Å². The number of carbonyl (C=O) groups is 3. The minimum absolute atomic E-state index is 0.175. The number of fused-ring (bicyclic) bond motifs is 1. The largest absolute Gasteiger partial charge is 0.463 e. The first kappa shape index (κ1) is 17.6. The van der Waals surface area contributed by atoms with Gasteiger partial charge in [-0.1, -0.05) is 0 Å². The Balaban J connectivity index is 2.23. The maximum Gasteiger partial charge on any atom is 0.303 e. The molecule has 6 atom stereocenters. The predicted molar refractivity (Wildman–Crippen MR) is 71.8 cm³/mol. The van der Waals surface area contributed by atoms with Crippen molar-refractivity contribution < 1.29 is 42.8 Å². The highest BCUT2D eigenvalue weighted by atomic mass is 16.8. The van der Waals surface area contributed by atoms with Crippen molar-refractivity contribution in [2.75, 3.05) is 6.61 Å².